The number of carbonyl (C=O) groups is 1. The van der Waals surface area contributed by atoms with Crippen molar-refractivity contribution in [2.75, 3.05) is 0 Å². The van der Waals surface area contributed by atoms with Gasteiger partial charge in [-0.25, -0.2) is 4.98 Å². The monoisotopic (exact) mass is 285 g/mol. The fourth-order valence-electron chi connectivity index (χ4n) is 1.81. The summed E-state index contributed by atoms with van der Waals surface area (Å²) in [5.74, 6) is -0.354. The van der Waals surface area contributed by atoms with Crippen LogP contribution in [0.4, 0.5) is 0 Å². The molecule has 1 unspecified atom stereocenters. The van der Waals surface area contributed by atoms with Crippen LogP contribution >= 0.6 is 11.6 Å². The summed E-state index contributed by atoms with van der Waals surface area (Å²) in [5, 5.41) is 12.1. The minimum Gasteiger partial charge on any atom is -0.332 e. The first-order valence-corrected chi connectivity index (χ1v) is 6.37. The lowest BCUT2D eigenvalue weighted by atomic mass is 10.1. The Balaban J connectivity index is 2.20. The lowest BCUT2D eigenvalue weighted by Crippen LogP contribution is -2.27. The van der Waals surface area contributed by atoms with Gasteiger partial charge in [-0.15, -0.1) is 0 Å². The molecule has 0 aliphatic rings. The maximum Gasteiger partial charge on any atom is 0.252 e. The zero-order valence-corrected chi connectivity index (χ0v) is 11.6. The molecule has 0 bridgehead atoms. The number of pyridine rings is 1. The summed E-state index contributed by atoms with van der Waals surface area (Å²) in [6.07, 6.45) is 0. The van der Waals surface area contributed by atoms with E-state index in [1.807, 2.05) is 18.2 Å². The standard InChI is InChI=1S/C15H12ClN3O/c1-10-7-12(8-14(16)18-10)15(20)19-13(9-17)11-5-3-2-4-6-11/h2-8,13H,1H3,(H,19,20). The van der Waals surface area contributed by atoms with Crippen molar-refractivity contribution in [3.8, 4) is 6.07 Å². The predicted octanol–water partition coefficient (Wildman–Crippen LogP) is 3.04. The maximum atomic E-state index is 12.1. The Kier molecular flexibility index (Phi) is 4.34. The zero-order valence-electron chi connectivity index (χ0n) is 10.8. The van der Waals surface area contributed by atoms with Crippen molar-refractivity contribution in [1.82, 2.24) is 10.3 Å². The first-order chi connectivity index (χ1) is 9.60. The predicted molar refractivity (Wildman–Crippen MR) is 76.2 cm³/mol. The van der Waals surface area contributed by atoms with Gasteiger partial charge in [-0.05, 0) is 24.6 Å². The molecule has 0 spiro atoms. The molecular weight excluding hydrogens is 274 g/mol. The molecule has 0 aliphatic carbocycles. The number of halogens is 1. The maximum absolute atomic E-state index is 12.1. The Labute approximate surface area is 122 Å². The second kappa shape index (κ2) is 6.18. The smallest absolute Gasteiger partial charge is 0.252 e. The summed E-state index contributed by atoms with van der Waals surface area (Å²) < 4.78 is 0. The van der Waals surface area contributed by atoms with E-state index in [2.05, 4.69) is 16.4 Å². The van der Waals surface area contributed by atoms with Gasteiger partial charge in [-0.2, -0.15) is 5.26 Å². The van der Waals surface area contributed by atoms with Crippen LogP contribution in [0, 0.1) is 18.3 Å². The van der Waals surface area contributed by atoms with Crippen molar-refractivity contribution in [2.45, 2.75) is 13.0 Å². The third-order valence-electron chi connectivity index (χ3n) is 2.72. The van der Waals surface area contributed by atoms with Crippen LogP contribution in [-0.2, 0) is 0 Å². The highest BCUT2D eigenvalue weighted by molar-refractivity contribution is 6.29. The van der Waals surface area contributed by atoms with Gasteiger partial charge in [0.25, 0.3) is 5.91 Å². The van der Waals surface area contributed by atoms with E-state index >= 15 is 0 Å². The van der Waals surface area contributed by atoms with E-state index in [9.17, 15) is 10.1 Å². The summed E-state index contributed by atoms with van der Waals surface area (Å²) >= 11 is 5.83. The van der Waals surface area contributed by atoms with Crippen LogP contribution in [0.5, 0.6) is 0 Å². The Morgan fingerprint density at radius 1 is 1.35 bits per heavy atom. The highest BCUT2D eigenvalue weighted by atomic mass is 35.5. The third-order valence-corrected chi connectivity index (χ3v) is 2.92. The van der Waals surface area contributed by atoms with Gasteiger partial charge in [0, 0.05) is 11.3 Å². The molecule has 0 fully saturated rings. The van der Waals surface area contributed by atoms with E-state index < -0.39 is 6.04 Å². The van der Waals surface area contributed by atoms with Crippen LogP contribution < -0.4 is 5.32 Å². The number of hydrogen-bond acceptors (Lipinski definition) is 3. The van der Waals surface area contributed by atoms with Gasteiger partial charge in [-0.3, -0.25) is 4.79 Å². The van der Waals surface area contributed by atoms with Crippen molar-refractivity contribution < 1.29 is 4.79 Å². The molecule has 0 aliphatic heterocycles. The Bertz CT molecular complexity index is 644. The number of benzene rings is 1. The van der Waals surface area contributed by atoms with Crippen LogP contribution in [0.25, 0.3) is 0 Å². The van der Waals surface area contributed by atoms with Gasteiger partial charge < -0.3 is 5.32 Å². The van der Waals surface area contributed by atoms with Gasteiger partial charge in [0.05, 0.1) is 6.07 Å². The number of aryl methyl sites for hydroxylation is 1. The minimum atomic E-state index is -0.698. The van der Waals surface area contributed by atoms with Crippen LogP contribution in [0.1, 0.15) is 27.7 Å². The van der Waals surface area contributed by atoms with E-state index in [1.54, 1.807) is 25.1 Å². The topological polar surface area (TPSA) is 65.8 Å². The number of aromatic nitrogens is 1. The summed E-state index contributed by atoms with van der Waals surface area (Å²) in [6.45, 7) is 1.75. The highest BCUT2D eigenvalue weighted by Gasteiger charge is 2.15. The molecule has 4 nitrogen and oxygen atoms in total. The van der Waals surface area contributed by atoms with E-state index in [0.717, 1.165) is 5.56 Å². The number of carbonyl (C=O) groups excluding carboxylic acids is 1. The van der Waals surface area contributed by atoms with E-state index in [4.69, 9.17) is 11.6 Å². The average molecular weight is 286 g/mol. The fraction of sp³-hybridized carbons (Fsp3) is 0.133. The zero-order chi connectivity index (χ0) is 14.5. The number of amides is 1. The molecule has 100 valence electrons. The summed E-state index contributed by atoms with van der Waals surface area (Å²) in [5.41, 5.74) is 1.77. The normalized spacial score (nSPS) is 11.4. The molecular formula is C15H12ClN3O. The van der Waals surface area contributed by atoms with Gasteiger partial charge >= 0.3 is 0 Å². The van der Waals surface area contributed by atoms with Gasteiger partial charge in [-0.1, -0.05) is 41.9 Å². The number of nitrogens with zero attached hydrogens (tertiary/aromatic N) is 2. The summed E-state index contributed by atoms with van der Waals surface area (Å²) in [4.78, 5) is 16.1. The molecule has 1 aromatic heterocycles. The minimum absolute atomic E-state index is 0.253. The summed E-state index contributed by atoms with van der Waals surface area (Å²) in [6, 6.07) is 13.5. The molecule has 1 N–H and O–H groups in total. The lowest BCUT2D eigenvalue weighted by Gasteiger charge is -2.12. The van der Waals surface area contributed by atoms with Crippen molar-refractivity contribution in [2.24, 2.45) is 0 Å². The first kappa shape index (κ1) is 14.0. The number of rotatable bonds is 3. The van der Waals surface area contributed by atoms with Gasteiger partial charge in [0.1, 0.15) is 11.2 Å². The quantitative estimate of drug-likeness (QED) is 0.882. The molecule has 1 atom stereocenters. The lowest BCUT2D eigenvalue weighted by molar-refractivity contribution is 0.0945. The Morgan fingerprint density at radius 3 is 2.65 bits per heavy atom. The average Bonchev–Trinajstić information content (AvgIpc) is 2.44. The number of nitrogens with one attached hydrogen (secondary N) is 1. The molecule has 0 saturated carbocycles. The van der Waals surface area contributed by atoms with E-state index in [-0.39, 0.29) is 11.1 Å². The molecule has 2 rings (SSSR count). The fourth-order valence-corrected chi connectivity index (χ4v) is 2.06. The molecule has 2 aromatic rings. The molecule has 5 heteroatoms. The van der Waals surface area contributed by atoms with E-state index in [1.165, 1.54) is 6.07 Å². The van der Waals surface area contributed by atoms with Crippen LogP contribution in [-0.4, -0.2) is 10.9 Å². The van der Waals surface area contributed by atoms with Crippen molar-refractivity contribution in [3.05, 3.63) is 64.4 Å². The van der Waals surface area contributed by atoms with Crippen LogP contribution in [0.15, 0.2) is 42.5 Å². The first-order valence-electron chi connectivity index (χ1n) is 6.00. The SMILES string of the molecule is Cc1cc(C(=O)NC(C#N)c2ccccc2)cc(Cl)n1. The Morgan fingerprint density at radius 2 is 2.05 bits per heavy atom. The number of nitriles is 1. The molecule has 1 aromatic carbocycles. The Hall–Kier alpha value is -2.38. The second-order valence-corrected chi connectivity index (χ2v) is 4.65. The van der Waals surface area contributed by atoms with Gasteiger partial charge in [0.15, 0.2) is 0 Å². The third kappa shape index (κ3) is 3.34. The molecule has 20 heavy (non-hydrogen) atoms. The van der Waals surface area contributed by atoms with Crippen molar-refractivity contribution in [3.63, 3.8) is 0 Å². The number of hydrogen-bond donors (Lipinski definition) is 1. The largest absolute Gasteiger partial charge is 0.332 e. The van der Waals surface area contributed by atoms with Gasteiger partial charge in [0.2, 0.25) is 0 Å². The van der Waals surface area contributed by atoms with Crippen LogP contribution in [0.2, 0.25) is 5.15 Å². The molecule has 0 saturated heterocycles. The highest BCUT2D eigenvalue weighted by Crippen LogP contribution is 2.14. The van der Waals surface area contributed by atoms with E-state index in [0.29, 0.717) is 11.3 Å². The van der Waals surface area contributed by atoms with Crippen molar-refractivity contribution in [1.29, 1.82) is 5.26 Å². The molecule has 1 heterocycles. The summed E-state index contributed by atoms with van der Waals surface area (Å²) in [7, 11) is 0. The van der Waals surface area contributed by atoms with Crippen molar-refractivity contribution >= 4 is 17.5 Å². The van der Waals surface area contributed by atoms with Crippen LogP contribution in [0.3, 0.4) is 0 Å². The molecule has 1 amide bonds. The second-order valence-electron chi connectivity index (χ2n) is 4.27. The molecule has 0 radical (unpaired) electrons.